The number of rotatable bonds is 6. The van der Waals surface area contributed by atoms with Crippen LogP contribution in [0.5, 0.6) is 5.75 Å². The van der Waals surface area contributed by atoms with Gasteiger partial charge in [0, 0.05) is 5.54 Å². The van der Waals surface area contributed by atoms with Crippen LogP contribution >= 0.6 is 0 Å². The number of nitrogens with one attached hydrogen (secondary N) is 1. The fourth-order valence-electron chi connectivity index (χ4n) is 2.51. The number of hydrogen-bond donors (Lipinski definition) is 1. The first-order valence-corrected chi connectivity index (χ1v) is 7.36. The van der Waals surface area contributed by atoms with Crippen LogP contribution < -0.4 is 10.1 Å². The summed E-state index contributed by atoms with van der Waals surface area (Å²) in [6, 6.07) is 8.50. The molecule has 0 heterocycles. The Bertz CT molecular complexity index is 404. The van der Waals surface area contributed by atoms with Crippen LogP contribution in [0.1, 0.15) is 39.2 Å². The lowest BCUT2D eigenvalue weighted by Gasteiger charge is -2.25. The van der Waals surface area contributed by atoms with Crippen molar-refractivity contribution in [3.63, 3.8) is 0 Å². The molecule has 2 heteroatoms. The molecule has 19 heavy (non-hydrogen) atoms. The second kappa shape index (κ2) is 5.96. The molecule has 0 aromatic heterocycles. The molecule has 1 aromatic rings. The first-order chi connectivity index (χ1) is 8.98. The Morgan fingerprint density at radius 2 is 2.05 bits per heavy atom. The average Bonchev–Trinajstić information content (AvgIpc) is 3.18. The summed E-state index contributed by atoms with van der Waals surface area (Å²) in [5, 5.41) is 3.66. The molecule has 0 aliphatic heterocycles. The van der Waals surface area contributed by atoms with E-state index >= 15 is 0 Å². The van der Waals surface area contributed by atoms with Gasteiger partial charge in [0.15, 0.2) is 0 Å². The fourth-order valence-corrected chi connectivity index (χ4v) is 2.51. The second-order valence-electron chi connectivity index (χ2n) is 6.78. The summed E-state index contributed by atoms with van der Waals surface area (Å²) in [6.45, 7) is 7.83. The van der Waals surface area contributed by atoms with E-state index in [9.17, 15) is 0 Å². The molecule has 0 saturated heterocycles. The quantitative estimate of drug-likeness (QED) is 0.844. The summed E-state index contributed by atoms with van der Waals surface area (Å²) in [4.78, 5) is 0. The van der Waals surface area contributed by atoms with Crippen LogP contribution in [0, 0.1) is 11.8 Å². The number of methoxy groups -OCH3 is 1. The highest BCUT2D eigenvalue weighted by Crippen LogP contribution is 2.38. The molecule has 1 fully saturated rings. The fraction of sp³-hybridized carbons (Fsp3) is 0.647. The first-order valence-electron chi connectivity index (χ1n) is 7.36. The predicted octanol–water partition coefficient (Wildman–Crippen LogP) is 3.65. The van der Waals surface area contributed by atoms with E-state index in [0.717, 1.165) is 30.6 Å². The van der Waals surface area contributed by atoms with E-state index in [1.165, 1.54) is 18.4 Å². The van der Waals surface area contributed by atoms with Gasteiger partial charge in [0.25, 0.3) is 0 Å². The second-order valence-corrected chi connectivity index (χ2v) is 6.78. The smallest absolute Gasteiger partial charge is 0.119 e. The zero-order valence-electron chi connectivity index (χ0n) is 12.7. The van der Waals surface area contributed by atoms with Crippen molar-refractivity contribution in [2.24, 2.45) is 11.8 Å². The number of hydrogen-bond acceptors (Lipinski definition) is 2. The van der Waals surface area contributed by atoms with E-state index in [4.69, 9.17) is 4.74 Å². The Labute approximate surface area is 117 Å². The molecule has 2 nitrogen and oxygen atoms in total. The van der Waals surface area contributed by atoms with Gasteiger partial charge in [-0.05, 0) is 76.1 Å². The molecule has 1 saturated carbocycles. The van der Waals surface area contributed by atoms with Crippen molar-refractivity contribution in [1.82, 2.24) is 5.32 Å². The van der Waals surface area contributed by atoms with Gasteiger partial charge in [-0.15, -0.1) is 0 Å². The highest BCUT2D eigenvalue weighted by Gasteiger charge is 2.31. The Balaban J connectivity index is 1.96. The van der Waals surface area contributed by atoms with Gasteiger partial charge in [0.1, 0.15) is 5.75 Å². The first kappa shape index (κ1) is 14.4. The minimum atomic E-state index is 0.210. The molecule has 106 valence electrons. The van der Waals surface area contributed by atoms with E-state index in [1.807, 2.05) is 6.07 Å². The Kier molecular flexibility index (Phi) is 4.51. The van der Waals surface area contributed by atoms with E-state index in [-0.39, 0.29) is 5.54 Å². The van der Waals surface area contributed by atoms with Gasteiger partial charge in [-0.3, -0.25) is 0 Å². The van der Waals surface area contributed by atoms with Crippen LogP contribution in [-0.4, -0.2) is 19.2 Å². The summed E-state index contributed by atoms with van der Waals surface area (Å²) in [6.07, 6.45) is 3.96. The van der Waals surface area contributed by atoms with Crippen molar-refractivity contribution < 1.29 is 4.74 Å². The molecular formula is C17H27NO. The monoisotopic (exact) mass is 261 g/mol. The Morgan fingerprint density at radius 1 is 1.32 bits per heavy atom. The van der Waals surface area contributed by atoms with Crippen molar-refractivity contribution >= 4 is 0 Å². The molecular weight excluding hydrogens is 234 g/mol. The normalized spacial score (nSPS) is 17.3. The molecule has 0 amide bonds. The lowest BCUT2D eigenvalue weighted by atomic mass is 9.93. The van der Waals surface area contributed by atoms with Crippen LogP contribution in [0.15, 0.2) is 24.3 Å². The zero-order valence-corrected chi connectivity index (χ0v) is 12.7. The maximum Gasteiger partial charge on any atom is 0.119 e. The van der Waals surface area contributed by atoms with E-state index in [1.54, 1.807) is 7.11 Å². The molecule has 1 unspecified atom stereocenters. The molecule has 1 atom stereocenters. The van der Waals surface area contributed by atoms with Gasteiger partial charge >= 0.3 is 0 Å². The topological polar surface area (TPSA) is 21.3 Å². The highest BCUT2D eigenvalue weighted by atomic mass is 16.5. The van der Waals surface area contributed by atoms with Crippen molar-refractivity contribution in [2.45, 2.75) is 45.6 Å². The van der Waals surface area contributed by atoms with E-state index < -0.39 is 0 Å². The lowest BCUT2D eigenvalue weighted by molar-refractivity contribution is 0.345. The average molecular weight is 261 g/mol. The molecule has 0 radical (unpaired) electrons. The summed E-state index contributed by atoms with van der Waals surface area (Å²) in [5.74, 6) is 2.64. The van der Waals surface area contributed by atoms with Gasteiger partial charge in [-0.2, -0.15) is 0 Å². The third-order valence-electron chi connectivity index (χ3n) is 3.82. The van der Waals surface area contributed by atoms with Crippen molar-refractivity contribution in [2.75, 3.05) is 13.7 Å². The summed E-state index contributed by atoms with van der Waals surface area (Å²) in [7, 11) is 1.73. The minimum absolute atomic E-state index is 0.210. The number of ether oxygens (including phenoxy) is 1. The summed E-state index contributed by atoms with van der Waals surface area (Å²) < 4.78 is 5.31. The Morgan fingerprint density at radius 3 is 2.63 bits per heavy atom. The molecule has 0 bridgehead atoms. The third kappa shape index (κ3) is 4.87. The summed E-state index contributed by atoms with van der Waals surface area (Å²) >= 11 is 0. The lowest BCUT2D eigenvalue weighted by Crippen LogP contribution is -2.40. The van der Waals surface area contributed by atoms with Crippen molar-refractivity contribution in [1.29, 1.82) is 0 Å². The Hall–Kier alpha value is -1.02. The predicted molar refractivity (Wildman–Crippen MR) is 80.7 cm³/mol. The van der Waals surface area contributed by atoms with Crippen LogP contribution in [0.2, 0.25) is 0 Å². The molecule has 1 aliphatic rings. The van der Waals surface area contributed by atoms with Crippen LogP contribution in [0.4, 0.5) is 0 Å². The molecule has 1 aliphatic carbocycles. The zero-order chi connectivity index (χ0) is 13.9. The van der Waals surface area contributed by atoms with E-state index in [2.05, 4.69) is 44.3 Å². The largest absolute Gasteiger partial charge is 0.497 e. The highest BCUT2D eigenvalue weighted by molar-refractivity contribution is 5.28. The van der Waals surface area contributed by atoms with Gasteiger partial charge in [0.05, 0.1) is 7.11 Å². The maximum atomic E-state index is 5.31. The SMILES string of the molecule is COc1cccc(CC(CNC(C)(C)C)C2CC2)c1. The van der Waals surface area contributed by atoms with Gasteiger partial charge in [0.2, 0.25) is 0 Å². The van der Waals surface area contributed by atoms with Crippen LogP contribution in [-0.2, 0) is 6.42 Å². The molecule has 1 aromatic carbocycles. The summed E-state index contributed by atoms with van der Waals surface area (Å²) in [5.41, 5.74) is 1.61. The maximum absolute atomic E-state index is 5.31. The van der Waals surface area contributed by atoms with E-state index in [0.29, 0.717) is 0 Å². The van der Waals surface area contributed by atoms with Crippen LogP contribution in [0.25, 0.3) is 0 Å². The van der Waals surface area contributed by atoms with Gasteiger partial charge in [-0.25, -0.2) is 0 Å². The number of benzene rings is 1. The van der Waals surface area contributed by atoms with Crippen molar-refractivity contribution in [3.05, 3.63) is 29.8 Å². The third-order valence-corrected chi connectivity index (χ3v) is 3.82. The van der Waals surface area contributed by atoms with Crippen LogP contribution in [0.3, 0.4) is 0 Å². The molecule has 1 N–H and O–H groups in total. The molecule has 0 spiro atoms. The van der Waals surface area contributed by atoms with Gasteiger partial charge in [-0.1, -0.05) is 12.1 Å². The standard InChI is InChI=1S/C17H27NO/c1-17(2,3)18-12-15(14-8-9-14)10-13-6-5-7-16(11-13)19-4/h5-7,11,14-15,18H,8-10,12H2,1-4H3. The molecule has 2 rings (SSSR count). The van der Waals surface area contributed by atoms with Gasteiger partial charge < -0.3 is 10.1 Å². The minimum Gasteiger partial charge on any atom is -0.497 e. The van der Waals surface area contributed by atoms with Crippen molar-refractivity contribution in [3.8, 4) is 5.75 Å².